The Hall–Kier alpha value is -4.18. The molecule has 0 amide bonds. The van der Waals surface area contributed by atoms with Gasteiger partial charge in [0.15, 0.2) is 0 Å². The fourth-order valence-electron chi connectivity index (χ4n) is 3.58. The van der Waals surface area contributed by atoms with Gasteiger partial charge in [-0.15, -0.1) is 10.2 Å². The normalized spacial score (nSPS) is 10.7. The van der Waals surface area contributed by atoms with E-state index in [1.54, 1.807) is 12.4 Å². The first kappa shape index (κ1) is 17.9. The molecule has 0 bridgehead atoms. The summed E-state index contributed by atoms with van der Waals surface area (Å²) < 4.78 is 0. The van der Waals surface area contributed by atoms with Gasteiger partial charge >= 0.3 is 0 Å². The summed E-state index contributed by atoms with van der Waals surface area (Å²) in [6, 6.07) is 32.8. The average molecular weight is 386 g/mol. The Kier molecular flexibility index (Phi) is 4.80. The van der Waals surface area contributed by atoms with E-state index in [0.717, 1.165) is 44.8 Å². The minimum Gasteiger partial charge on any atom is -0.158 e. The molecular formula is C26H18N4. The number of rotatable bonds is 4. The Morgan fingerprint density at radius 3 is 1.17 bits per heavy atom. The minimum absolute atomic E-state index is 0.876. The highest BCUT2D eigenvalue weighted by molar-refractivity contribution is 5.84. The third-order valence-electron chi connectivity index (χ3n) is 5.04. The van der Waals surface area contributed by atoms with Crippen molar-refractivity contribution in [3.8, 4) is 44.8 Å². The van der Waals surface area contributed by atoms with Gasteiger partial charge < -0.3 is 0 Å². The van der Waals surface area contributed by atoms with E-state index in [0.29, 0.717) is 0 Å². The SMILES string of the molecule is c1ccc(-c2nnccc2-c2ccc(-c3ccnnc3-c3ccccc3)cc2)cc1. The molecule has 0 fully saturated rings. The van der Waals surface area contributed by atoms with Crippen LogP contribution < -0.4 is 0 Å². The molecule has 30 heavy (non-hydrogen) atoms. The molecule has 0 N–H and O–H groups in total. The van der Waals surface area contributed by atoms with Gasteiger partial charge in [-0.1, -0.05) is 84.9 Å². The summed E-state index contributed by atoms with van der Waals surface area (Å²) >= 11 is 0. The Morgan fingerprint density at radius 1 is 0.367 bits per heavy atom. The zero-order valence-electron chi connectivity index (χ0n) is 16.2. The molecule has 3 aromatic carbocycles. The van der Waals surface area contributed by atoms with E-state index in [9.17, 15) is 0 Å². The molecule has 4 nitrogen and oxygen atoms in total. The lowest BCUT2D eigenvalue weighted by molar-refractivity contribution is 1.04. The van der Waals surface area contributed by atoms with Crippen LogP contribution >= 0.6 is 0 Å². The topological polar surface area (TPSA) is 51.6 Å². The second-order valence-electron chi connectivity index (χ2n) is 6.90. The van der Waals surface area contributed by atoms with Crippen molar-refractivity contribution in [1.82, 2.24) is 20.4 Å². The first-order chi connectivity index (χ1) is 14.9. The van der Waals surface area contributed by atoms with Crippen LogP contribution in [0.2, 0.25) is 0 Å². The van der Waals surface area contributed by atoms with Crippen molar-refractivity contribution >= 4 is 0 Å². The highest BCUT2D eigenvalue weighted by Gasteiger charge is 2.12. The van der Waals surface area contributed by atoms with Crippen LogP contribution in [-0.2, 0) is 0 Å². The van der Waals surface area contributed by atoms with Gasteiger partial charge in [0.1, 0.15) is 11.4 Å². The molecular weight excluding hydrogens is 368 g/mol. The van der Waals surface area contributed by atoms with Crippen LogP contribution in [0.25, 0.3) is 44.8 Å². The summed E-state index contributed by atoms with van der Waals surface area (Å²) in [5.41, 5.74) is 8.15. The highest BCUT2D eigenvalue weighted by atomic mass is 15.1. The van der Waals surface area contributed by atoms with E-state index in [2.05, 4.69) is 68.9 Å². The van der Waals surface area contributed by atoms with E-state index in [-0.39, 0.29) is 0 Å². The number of benzene rings is 3. The monoisotopic (exact) mass is 386 g/mol. The molecule has 0 aliphatic heterocycles. The molecule has 4 heteroatoms. The Balaban J connectivity index is 1.55. The molecule has 0 unspecified atom stereocenters. The predicted octanol–water partition coefficient (Wildman–Crippen LogP) is 5.93. The number of nitrogens with zero attached hydrogens (tertiary/aromatic N) is 4. The first-order valence-electron chi connectivity index (χ1n) is 9.75. The van der Waals surface area contributed by atoms with Gasteiger partial charge in [0, 0.05) is 22.3 Å². The van der Waals surface area contributed by atoms with Crippen LogP contribution in [0.15, 0.2) is 109 Å². The van der Waals surface area contributed by atoms with Gasteiger partial charge in [-0.05, 0) is 23.3 Å². The van der Waals surface area contributed by atoms with Gasteiger partial charge in [0.2, 0.25) is 0 Å². The fourth-order valence-corrected chi connectivity index (χ4v) is 3.58. The lowest BCUT2D eigenvalue weighted by atomic mass is 9.96. The van der Waals surface area contributed by atoms with Crippen molar-refractivity contribution in [3.05, 3.63) is 109 Å². The van der Waals surface area contributed by atoms with E-state index >= 15 is 0 Å². The van der Waals surface area contributed by atoms with Crippen LogP contribution in [0.1, 0.15) is 0 Å². The van der Waals surface area contributed by atoms with E-state index in [4.69, 9.17) is 0 Å². The third kappa shape index (κ3) is 3.47. The van der Waals surface area contributed by atoms with Crippen LogP contribution in [-0.4, -0.2) is 20.4 Å². The summed E-state index contributed by atoms with van der Waals surface area (Å²) in [5, 5.41) is 17.0. The van der Waals surface area contributed by atoms with Crippen molar-refractivity contribution in [2.45, 2.75) is 0 Å². The Labute approximate surface area is 174 Å². The number of hydrogen-bond acceptors (Lipinski definition) is 4. The largest absolute Gasteiger partial charge is 0.158 e. The Morgan fingerprint density at radius 2 is 0.767 bits per heavy atom. The van der Waals surface area contributed by atoms with E-state index in [1.807, 2.05) is 48.5 Å². The van der Waals surface area contributed by atoms with Crippen LogP contribution in [0.5, 0.6) is 0 Å². The zero-order valence-corrected chi connectivity index (χ0v) is 16.2. The van der Waals surface area contributed by atoms with Gasteiger partial charge in [-0.2, -0.15) is 10.2 Å². The zero-order chi connectivity index (χ0) is 20.2. The number of aromatic nitrogens is 4. The summed E-state index contributed by atoms with van der Waals surface area (Å²) in [6.07, 6.45) is 3.46. The maximum Gasteiger partial charge on any atom is 0.101 e. The second kappa shape index (κ2) is 8.05. The quantitative estimate of drug-likeness (QED) is 0.384. The molecule has 2 heterocycles. The Bertz CT molecular complexity index is 1170. The van der Waals surface area contributed by atoms with Crippen molar-refractivity contribution in [3.63, 3.8) is 0 Å². The van der Waals surface area contributed by atoms with Crippen molar-refractivity contribution in [2.24, 2.45) is 0 Å². The van der Waals surface area contributed by atoms with Crippen molar-refractivity contribution < 1.29 is 0 Å². The average Bonchev–Trinajstić information content (AvgIpc) is 2.85. The summed E-state index contributed by atoms with van der Waals surface area (Å²) in [4.78, 5) is 0. The maximum absolute atomic E-state index is 4.39. The molecule has 5 aromatic rings. The lowest BCUT2D eigenvalue weighted by Gasteiger charge is -2.11. The summed E-state index contributed by atoms with van der Waals surface area (Å²) in [7, 11) is 0. The predicted molar refractivity (Wildman–Crippen MR) is 119 cm³/mol. The van der Waals surface area contributed by atoms with Gasteiger partial charge in [0.05, 0.1) is 12.4 Å². The van der Waals surface area contributed by atoms with Crippen molar-refractivity contribution in [1.29, 1.82) is 0 Å². The number of hydrogen-bond donors (Lipinski definition) is 0. The van der Waals surface area contributed by atoms with Gasteiger partial charge in [-0.3, -0.25) is 0 Å². The molecule has 5 rings (SSSR count). The van der Waals surface area contributed by atoms with Crippen LogP contribution in [0.4, 0.5) is 0 Å². The van der Waals surface area contributed by atoms with Crippen LogP contribution in [0, 0.1) is 0 Å². The standard InChI is InChI=1S/C26H18N4/c1-3-7-21(8-4-1)25-23(15-17-27-29-25)19-11-13-20(14-12-19)24-16-18-28-30-26(24)22-9-5-2-6-10-22/h1-18H. The smallest absolute Gasteiger partial charge is 0.101 e. The lowest BCUT2D eigenvalue weighted by Crippen LogP contribution is -1.93. The third-order valence-corrected chi connectivity index (χ3v) is 5.04. The summed E-state index contributed by atoms with van der Waals surface area (Å²) in [6.45, 7) is 0. The molecule has 0 aliphatic rings. The van der Waals surface area contributed by atoms with Gasteiger partial charge in [0.25, 0.3) is 0 Å². The molecule has 0 spiro atoms. The van der Waals surface area contributed by atoms with E-state index < -0.39 is 0 Å². The minimum atomic E-state index is 0.876. The molecule has 0 aliphatic carbocycles. The second-order valence-corrected chi connectivity index (χ2v) is 6.90. The maximum atomic E-state index is 4.39. The first-order valence-corrected chi connectivity index (χ1v) is 9.75. The molecule has 2 aromatic heterocycles. The molecule has 0 saturated carbocycles. The fraction of sp³-hybridized carbons (Fsp3) is 0. The molecule has 0 atom stereocenters. The molecule has 0 saturated heterocycles. The highest BCUT2D eigenvalue weighted by Crippen LogP contribution is 2.33. The molecule has 142 valence electrons. The van der Waals surface area contributed by atoms with E-state index in [1.165, 1.54) is 0 Å². The van der Waals surface area contributed by atoms with Crippen LogP contribution in [0.3, 0.4) is 0 Å². The van der Waals surface area contributed by atoms with Gasteiger partial charge in [-0.25, -0.2) is 0 Å². The molecule has 0 radical (unpaired) electrons. The van der Waals surface area contributed by atoms with Crippen molar-refractivity contribution in [2.75, 3.05) is 0 Å². The summed E-state index contributed by atoms with van der Waals surface area (Å²) in [5.74, 6) is 0.